The van der Waals surface area contributed by atoms with E-state index in [9.17, 15) is 24.8 Å². The van der Waals surface area contributed by atoms with Crippen molar-refractivity contribution in [1.29, 1.82) is 0 Å². The van der Waals surface area contributed by atoms with Gasteiger partial charge < -0.3 is 14.6 Å². The lowest BCUT2D eigenvalue weighted by Gasteiger charge is -2.10. The summed E-state index contributed by atoms with van der Waals surface area (Å²) in [5.41, 5.74) is -0.286. The number of aliphatic imine (C=N–C) groups is 1. The molecule has 0 spiro atoms. The normalized spacial score (nSPS) is 10.7. The number of carbonyl (C=O) groups is 2. The zero-order valence-electron chi connectivity index (χ0n) is 12.6. The number of nitrogens with zero attached hydrogens (tertiary/aromatic N) is 2. The molecule has 0 radical (unpaired) electrons. The number of carbonyl (C=O) groups excluding carboxylic acids is 2. The van der Waals surface area contributed by atoms with E-state index in [-0.39, 0.29) is 30.2 Å². The molecule has 0 saturated carbocycles. The first-order valence-corrected chi connectivity index (χ1v) is 6.74. The molecular weight excluding hydrogens is 308 g/mol. The van der Waals surface area contributed by atoms with E-state index in [0.717, 1.165) is 24.4 Å². The molecule has 1 rings (SSSR count). The Labute approximate surface area is 131 Å². The Balaban J connectivity index is 3.09. The summed E-state index contributed by atoms with van der Waals surface area (Å²) in [6.45, 7) is 3.23. The molecule has 0 aromatic heterocycles. The van der Waals surface area contributed by atoms with Gasteiger partial charge in [0.1, 0.15) is 5.75 Å². The Morgan fingerprint density at radius 1 is 1.30 bits per heavy atom. The minimum atomic E-state index is -1.56. The predicted molar refractivity (Wildman–Crippen MR) is 79.4 cm³/mol. The van der Waals surface area contributed by atoms with Crippen LogP contribution in [0.1, 0.15) is 19.4 Å². The Kier molecular flexibility index (Phi) is 6.66. The Morgan fingerprint density at radius 2 is 1.87 bits per heavy atom. The topological polar surface area (TPSA) is 128 Å². The van der Waals surface area contributed by atoms with Gasteiger partial charge in [-0.3, -0.25) is 15.1 Å². The molecule has 0 aliphatic heterocycles. The van der Waals surface area contributed by atoms with E-state index < -0.39 is 22.9 Å². The zero-order chi connectivity index (χ0) is 17.4. The van der Waals surface area contributed by atoms with Crippen LogP contribution < -0.4 is 0 Å². The van der Waals surface area contributed by atoms with Gasteiger partial charge in [-0.15, -0.1) is 0 Å². The van der Waals surface area contributed by atoms with Crippen molar-refractivity contribution in [2.75, 3.05) is 13.2 Å². The van der Waals surface area contributed by atoms with Crippen molar-refractivity contribution in [3.8, 4) is 5.75 Å². The molecule has 0 atom stereocenters. The van der Waals surface area contributed by atoms with Gasteiger partial charge in [0.25, 0.3) is 5.69 Å². The fourth-order valence-electron chi connectivity index (χ4n) is 1.57. The minimum absolute atomic E-state index is 0.0159. The zero-order valence-corrected chi connectivity index (χ0v) is 12.6. The van der Waals surface area contributed by atoms with Crippen LogP contribution in [0.2, 0.25) is 0 Å². The fraction of sp³-hybridized carbons (Fsp3) is 0.357. The van der Waals surface area contributed by atoms with Crippen LogP contribution in [0.3, 0.4) is 0 Å². The monoisotopic (exact) mass is 324 g/mol. The molecule has 0 heterocycles. The lowest BCUT2D eigenvalue weighted by Crippen LogP contribution is -2.32. The molecule has 0 aliphatic rings. The van der Waals surface area contributed by atoms with Crippen molar-refractivity contribution in [3.05, 3.63) is 33.9 Å². The highest BCUT2D eigenvalue weighted by Gasteiger charge is 2.28. The third kappa shape index (κ3) is 5.06. The van der Waals surface area contributed by atoms with Gasteiger partial charge in [-0.25, -0.2) is 9.59 Å². The number of nitro groups is 1. The highest BCUT2D eigenvalue weighted by Crippen LogP contribution is 2.21. The van der Waals surface area contributed by atoms with Crippen molar-refractivity contribution in [1.82, 2.24) is 0 Å². The van der Waals surface area contributed by atoms with Crippen LogP contribution in [0.25, 0.3) is 0 Å². The summed E-state index contributed by atoms with van der Waals surface area (Å²) in [6.07, 6.45) is 0.987. The number of hydrogen-bond donors (Lipinski definition) is 1. The number of nitro benzene ring substituents is 1. The molecule has 0 aliphatic carbocycles. The number of phenols is 1. The first kappa shape index (κ1) is 18.1. The van der Waals surface area contributed by atoms with E-state index in [0.29, 0.717) is 0 Å². The summed E-state index contributed by atoms with van der Waals surface area (Å²) in [5.74, 6) is -2.11. The Morgan fingerprint density at radius 3 is 2.35 bits per heavy atom. The van der Waals surface area contributed by atoms with Crippen molar-refractivity contribution >= 4 is 23.8 Å². The van der Waals surface area contributed by atoms with Gasteiger partial charge in [-0.1, -0.05) is 0 Å². The lowest BCUT2D eigenvalue weighted by atomic mass is 10.2. The maximum absolute atomic E-state index is 11.7. The summed E-state index contributed by atoms with van der Waals surface area (Å²) in [5, 5.41) is 20.4. The number of rotatable bonds is 7. The summed E-state index contributed by atoms with van der Waals surface area (Å²) in [6, 6.07) is 1.73. The van der Waals surface area contributed by atoms with Gasteiger partial charge in [-0.05, 0) is 19.9 Å². The number of non-ortho nitro benzene ring substituents is 1. The van der Waals surface area contributed by atoms with Crippen molar-refractivity contribution in [3.63, 3.8) is 0 Å². The second kappa shape index (κ2) is 8.47. The van der Waals surface area contributed by atoms with Gasteiger partial charge in [0.05, 0.1) is 18.1 Å². The van der Waals surface area contributed by atoms with Crippen LogP contribution >= 0.6 is 0 Å². The van der Waals surface area contributed by atoms with E-state index in [1.165, 1.54) is 0 Å². The second-order valence-electron chi connectivity index (χ2n) is 4.19. The number of phenolic OH excluding ortho intramolecular Hbond substituents is 1. The van der Waals surface area contributed by atoms with Crippen LogP contribution in [-0.4, -0.2) is 47.4 Å². The van der Waals surface area contributed by atoms with E-state index in [4.69, 9.17) is 9.47 Å². The van der Waals surface area contributed by atoms with E-state index >= 15 is 0 Å². The first-order valence-electron chi connectivity index (χ1n) is 6.74. The second-order valence-corrected chi connectivity index (χ2v) is 4.19. The molecule has 124 valence electrons. The van der Waals surface area contributed by atoms with Crippen LogP contribution in [0.15, 0.2) is 23.2 Å². The third-order valence-electron chi connectivity index (χ3n) is 2.60. The maximum Gasteiger partial charge on any atom is 0.342 e. The predicted octanol–water partition coefficient (Wildman–Crippen LogP) is 1.21. The molecule has 0 unspecified atom stereocenters. The fourth-order valence-corrected chi connectivity index (χ4v) is 1.57. The molecule has 9 heteroatoms. The minimum Gasteiger partial charge on any atom is -0.507 e. The summed E-state index contributed by atoms with van der Waals surface area (Å²) in [7, 11) is 0. The first-order chi connectivity index (χ1) is 10.9. The molecule has 1 N–H and O–H groups in total. The summed E-state index contributed by atoms with van der Waals surface area (Å²) in [4.78, 5) is 37.3. The molecule has 1 aromatic carbocycles. The number of esters is 2. The lowest BCUT2D eigenvalue weighted by molar-refractivity contribution is -0.384. The number of aromatic hydroxyl groups is 1. The van der Waals surface area contributed by atoms with Crippen molar-refractivity contribution in [2.24, 2.45) is 4.99 Å². The van der Waals surface area contributed by atoms with Crippen LogP contribution in [0.5, 0.6) is 5.75 Å². The Bertz CT molecular complexity index is 610. The van der Waals surface area contributed by atoms with Crippen LogP contribution in [-0.2, 0) is 19.1 Å². The van der Waals surface area contributed by atoms with Gasteiger partial charge in [0.15, 0.2) is 0 Å². The smallest absolute Gasteiger partial charge is 0.342 e. The van der Waals surface area contributed by atoms with Crippen molar-refractivity contribution in [2.45, 2.75) is 19.9 Å². The Hall–Kier alpha value is -2.97. The molecule has 0 saturated heterocycles. The van der Waals surface area contributed by atoms with Crippen LogP contribution in [0, 0.1) is 10.1 Å². The molecule has 23 heavy (non-hydrogen) atoms. The molecule has 0 bridgehead atoms. The summed E-state index contributed by atoms with van der Waals surface area (Å²) >= 11 is 0. The number of hydrogen-bond acceptors (Lipinski definition) is 8. The van der Waals surface area contributed by atoms with E-state index in [2.05, 4.69) is 4.99 Å². The summed E-state index contributed by atoms with van der Waals surface area (Å²) < 4.78 is 9.46. The molecule has 1 aromatic rings. The number of ether oxygens (including phenoxy) is 2. The highest BCUT2D eigenvalue weighted by atomic mass is 16.6. The van der Waals surface area contributed by atoms with Crippen molar-refractivity contribution < 1.29 is 29.1 Å². The number of benzene rings is 1. The standard InChI is InChI=1S/C14H16N2O7/c1-3-22-13(18)12(14(19)23-4-2)15-8-9-7-10(16(20)21)5-6-11(9)17/h5-8,12,17H,3-4H2,1-2H3. The molecule has 0 amide bonds. The van der Waals surface area contributed by atoms with E-state index in [1.54, 1.807) is 13.8 Å². The van der Waals surface area contributed by atoms with Gasteiger partial charge >= 0.3 is 11.9 Å². The SMILES string of the molecule is CCOC(=O)C(N=Cc1cc([N+](=O)[O-])ccc1O)C(=O)OCC. The van der Waals surface area contributed by atoms with Crippen LogP contribution in [0.4, 0.5) is 5.69 Å². The average Bonchev–Trinajstić information content (AvgIpc) is 2.49. The largest absolute Gasteiger partial charge is 0.507 e. The van der Waals surface area contributed by atoms with Gasteiger partial charge in [-0.2, -0.15) is 0 Å². The molecule has 9 nitrogen and oxygen atoms in total. The molecule has 0 fully saturated rings. The molecular formula is C14H16N2O7. The average molecular weight is 324 g/mol. The van der Waals surface area contributed by atoms with Gasteiger partial charge in [0.2, 0.25) is 6.04 Å². The van der Waals surface area contributed by atoms with Gasteiger partial charge in [0, 0.05) is 23.9 Å². The van der Waals surface area contributed by atoms with E-state index in [1.807, 2.05) is 0 Å². The highest BCUT2D eigenvalue weighted by molar-refractivity contribution is 6.01. The third-order valence-corrected chi connectivity index (χ3v) is 2.60. The maximum atomic E-state index is 11.7. The quantitative estimate of drug-likeness (QED) is 0.262.